The number of pyridine rings is 1. The third-order valence-electron chi connectivity index (χ3n) is 3.94. The maximum Gasteiger partial charge on any atom is 0.289 e. The van der Waals surface area contributed by atoms with Gasteiger partial charge in [-0.15, -0.1) is 0 Å². The average Bonchev–Trinajstić information content (AvgIpc) is 3.08. The molecule has 0 aromatic carbocycles. The quantitative estimate of drug-likeness (QED) is 0.610. The van der Waals surface area contributed by atoms with E-state index in [9.17, 15) is 10.1 Å². The second kappa shape index (κ2) is 4.09. The molecule has 1 aromatic rings. The van der Waals surface area contributed by atoms with Crippen molar-refractivity contribution < 1.29 is 4.92 Å². The van der Waals surface area contributed by atoms with Gasteiger partial charge in [-0.3, -0.25) is 10.1 Å². The molecule has 0 bridgehead atoms. The molecule has 2 heterocycles. The Kier molecular flexibility index (Phi) is 2.66. The lowest BCUT2D eigenvalue weighted by atomic mass is 9.95. The zero-order chi connectivity index (χ0) is 12.8. The van der Waals surface area contributed by atoms with Crippen LogP contribution in [0.3, 0.4) is 0 Å². The Hall–Kier alpha value is -1.36. The summed E-state index contributed by atoms with van der Waals surface area (Å²) in [5, 5.41) is 11.0. The normalized spacial score (nSPS) is 21.1. The first-order valence-corrected chi connectivity index (χ1v) is 6.52. The van der Waals surface area contributed by atoms with E-state index in [0.717, 1.165) is 19.5 Å². The van der Waals surface area contributed by atoms with E-state index in [1.54, 1.807) is 0 Å². The Morgan fingerprint density at radius 2 is 2.22 bits per heavy atom. The highest BCUT2D eigenvalue weighted by molar-refractivity contribution is 6.33. The second-order valence-electron chi connectivity index (χ2n) is 5.28. The summed E-state index contributed by atoms with van der Waals surface area (Å²) in [6, 6.07) is 1.39. The van der Waals surface area contributed by atoms with E-state index < -0.39 is 4.92 Å². The smallest absolute Gasteiger partial charge is 0.289 e. The van der Waals surface area contributed by atoms with Crippen molar-refractivity contribution in [3.8, 4) is 0 Å². The highest BCUT2D eigenvalue weighted by Crippen LogP contribution is 2.52. The van der Waals surface area contributed by atoms with Crippen LogP contribution in [0, 0.1) is 15.5 Å². The van der Waals surface area contributed by atoms with E-state index in [-0.39, 0.29) is 5.69 Å². The highest BCUT2D eigenvalue weighted by Gasteiger charge is 2.45. The fourth-order valence-corrected chi connectivity index (χ4v) is 3.01. The summed E-state index contributed by atoms with van der Waals surface area (Å²) < 4.78 is 0. The summed E-state index contributed by atoms with van der Waals surface area (Å²) in [6.45, 7) is 1.92. The molecule has 2 aliphatic rings. The van der Waals surface area contributed by atoms with Crippen LogP contribution in [0.15, 0.2) is 12.3 Å². The molecule has 1 aromatic heterocycles. The summed E-state index contributed by atoms with van der Waals surface area (Å²) in [5.74, 6) is 0.688. The molecule has 1 saturated heterocycles. The second-order valence-corrected chi connectivity index (χ2v) is 5.69. The third-order valence-corrected chi connectivity index (χ3v) is 4.21. The van der Waals surface area contributed by atoms with Gasteiger partial charge >= 0.3 is 0 Å². The van der Waals surface area contributed by atoms with Crippen LogP contribution in [-0.2, 0) is 0 Å². The molecule has 1 aliphatic carbocycles. The van der Waals surface area contributed by atoms with E-state index in [1.807, 2.05) is 0 Å². The Balaban J connectivity index is 1.85. The van der Waals surface area contributed by atoms with Gasteiger partial charge in [0.1, 0.15) is 12.0 Å². The van der Waals surface area contributed by atoms with Crippen LogP contribution in [0.1, 0.15) is 25.7 Å². The number of piperidine rings is 1. The summed E-state index contributed by atoms with van der Waals surface area (Å²) >= 11 is 6.11. The first kappa shape index (κ1) is 11.7. The molecule has 18 heavy (non-hydrogen) atoms. The number of anilines is 1. The lowest BCUT2D eigenvalue weighted by Gasteiger charge is -2.34. The summed E-state index contributed by atoms with van der Waals surface area (Å²) in [5.41, 5.74) is 0.423. The molecule has 3 rings (SSSR count). The summed E-state index contributed by atoms with van der Waals surface area (Å²) in [4.78, 5) is 16.5. The van der Waals surface area contributed by atoms with Crippen LogP contribution in [0.5, 0.6) is 0 Å². The van der Waals surface area contributed by atoms with Gasteiger partial charge in [-0.1, -0.05) is 11.6 Å². The van der Waals surface area contributed by atoms with E-state index in [1.165, 1.54) is 31.5 Å². The third kappa shape index (κ3) is 2.03. The largest absolute Gasteiger partial charge is 0.355 e. The zero-order valence-corrected chi connectivity index (χ0v) is 10.7. The lowest BCUT2D eigenvalue weighted by Crippen LogP contribution is -2.37. The minimum atomic E-state index is -0.471. The van der Waals surface area contributed by atoms with Crippen LogP contribution in [-0.4, -0.2) is 23.0 Å². The minimum Gasteiger partial charge on any atom is -0.355 e. The molecule has 0 unspecified atom stereocenters. The number of aromatic nitrogens is 1. The molecule has 0 atom stereocenters. The average molecular weight is 268 g/mol. The molecule has 2 fully saturated rings. The van der Waals surface area contributed by atoms with E-state index in [0.29, 0.717) is 16.3 Å². The molecular weight excluding hydrogens is 254 g/mol. The maximum atomic E-state index is 10.6. The van der Waals surface area contributed by atoms with Gasteiger partial charge in [0.15, 0.2) is 0 Å². The molecule has 0 N–H and O–H groups in total. The number of rotatable bonds is 2. The molecule has 96 valence electrons. The minimum absolute atomic E-state index is 0.0538. The van der Waals surface area contributed by atoms with Crippen molar-refractivity contribution in [3.63, 3.8) is 0 Å². The van der Waals surface area contributed by atoms with Crippen molar-refractivity contribution in [2.75, 3.05) is 18.0 Å². The molecule has 0 amide bonds. The monoisotopic (exact) mass is 267 g/mol. The van der Waals surface area contributed by atoms with E-state index in [4.69, 9.17) is 11.6 Å². The molecule has 5 nitrogen and oxygen atoms in total. The van der Waals surface area contributed by atoms with Gasteiger partial charge in [-0.2, -0.15) is 0 Å². The number of nitro groups is 1. The summed E-state index contributed by atoms with van der Waals surface area (Å²) in [7, 11) is 0. The van der Waals surface area contributed by atoms with Crippen molar-refractivity contribution in [1.82, 2.24) is 4.98 Å². The molecule has 1 spiro atoms. The first-order chi connectivity index (χ1) is 8.60. The summed E-state index contributed by atoms with van der Waals surface area (Å²) in [6.07, 6.45) is 6.29. The zero-order valence-electron chi connectivity index (χ0n) is 9.93. The fourth-order valence-electron chi connectivity index (χ4n) is 2.73. The van der Waals surface area contributed by atoms with E-state index in [2.05, 4.69) is 9.88 Å². The van der Waals surface area contributed by atoms with Crippen LogP contribution in [0.25, 0.3) is 0 Å². The SMILES string of the molecule is O=[N+]([O-])c1cnc(N2CCCC3(CC3)C2)c(Cl)c1. The Labute approximate surface area is 110 Å². The Morgan fingerprint density at radius 1 is 1.44 bits per heavy atom. The molecule has 6 heteroatoms. The highest BCUT2D eigenvalue weighted by atomic mass is 35.5. The number of hydrogen-bond acceptors (Lipinski definition) is 4. The maximum absolute atomic E-state index is 10.6. The van der Waals surface area contributed by atoms with Gasteiger partial charge in [0.25, 0.3) is 5.69 Å². The Morgan fingerprint density at radius 3 is 2.83 bits per heavy atom. The molecule has 1 saturated carbocycles. The van der Waals surface area contributed by atoms with Crippen LogP contribution in [0.4, 0.5) is 11.5 Å². The topological polar surface area (TPSA) is 59.3 Å². The predicted molar refractivity (Wildman–Crippen MR) is 69.0 cm³/mol. The van der Waals surface area contributed by atoms with Crippen molar-refractivity contribution >= 4 is 23.1 Å². The van der Waals surface area contributed by atoms with Gasteiger partial charge in [-0.05, 0) is 31.1 Å². The standard InChI is InChI=1S/C12H14ClN3O2/c13-10-6-9(16(17)18)7-14-11(10)15-5-1-2-12(8-15)3-4-12/h6-7H,1-5,8H2. The van der Waals surface area contributed by atoms with Crippen LogP contribution < -0.4 is 4.90 Å². The Bertz CT molecular complexity index is 502. The van der Waals surface area contributed by atoms with Crippen LogP contribution >= 0.6 is 11.6 Å². The van der Waals surface area contributed by atoms with Gasteiger partial charge in [0, 0.05) is 19.2 Å². The number of halogens is 1. The molecule has 1 aliphatic heterocycles. The predicted octanol–water partition coefficient (Wildman–Crippen LogP) is 3.02. The van der Waals surface area contributed by atoms with Crippen molar-refractivity contribution in [2.24, 2.45) is 5.41 Å². The van der Waals surface area contributed by atoms with Gasteiger partial charge < -0.3 is 4.90 Å². The van der Waals surface area contributed by atoms with Gasteiger partial charge in [-0.25, -0.2) is 4.98 Å². The van der Waals surface area contributed by atoms with Crippen LogP contribution in [0.2, 0.25) is 5.02 Å². The van der Waals surface area contributed by atoms with Gasteiger partial charge in [0.2, 0.25) is 0 Å². The van der Waals surface area contributed by atoms with E-state index >= 15 is 0 Å². The molecule has 0 radical (unpaired) electrons. The fraction of sp³-hybridized carbons (Fsp3) is 0.583. The number of hydrogen-bond donors (Lipinski definition) is 0. The van der Waals surface area contributed by atoms with Crippen molar-refractivity contribution in [1.29, 1.82) is 0 Å². The lowest BCUT2D eigenvalue weighted by molar-refractivity contribution is -0.385. The van der Waals surface area contributed by atoms with Gasteiger partial charge in [0.05, 0.1) is 9.95 Å². The molecular formula is C12H14ClN3O2. The first-order valence-electron chi connectivity index (χ1n) is 6.15. The van der Waals surface area contributed by atoms with Crippen molar-refractivity contribution in [3.05, 3.63) is 27.4 Å². The van der Waals surface area contributed by atoms with Crippen molar-refractivity contribution in [2.45, 2.75) is 25.7 Å². The number of nitrogens with zero attached hydrogens (tertiary/aromatic N) is 3.